The minimum atomic E-state index is 0.466. The number of piperidine rings is 1. The van der Waals surface area contributed by atoms with Crippen LogP contribution in [0.1, 0.15) is 25.8 Å². The molecule has 2 heterocycles. The van der Waals surface area contributed by atoms with Crippen molar-refractivity contribution < 1.29 is 0 Å². The van der Waals surface area contributed by atoms with Gasteiger partial charge in [0.1, 0.15) is 5.82 Å². The number of rotatable bonds is 2. The number of hydrogen-bond donors (Lipinski definition) is 1. The third-order valence-corrected chi connectivity index (χ3v) is 4.14. The number of anilines is 1. The van der Waals surface area contributed by atoms with E-state index in [4.69, 9.17) is 17.3 Å². The van der Waals surface area contributed by atoms with Crippen LogP contribution in [0.4, 0.5) is 5.82 Å². The largest absolute Gasteiger partial charge is 0.356 e. The molecule has 2 unspecified atom stereocenters. The lowest BCUT2D eigenvalue weighted by Gasteiger charge is -2.36. The van der Waals surface area contributed by atoms with E-state index in [1.54, 1.807) is 6.20 Å². The van der Waals surface area contributed by atoms with Crippen molar-refractivity contribution in [2.75, 3.05) is 18.0 Å². The molecule has 2 atom stereocenters. The van der Waals surface area contributed by atoms with Crippen LogP contribution in [-0.2, 0) is 6.54 Å². The normalized spacial score (nSPS) is 25.1. The number of hydrogen-bond acceptors (Lipinski definition) is 3. The topological polar surface area (TPSA) is 42.1 Å². The van der Waals surface area contributed by atoms with Gasteiger partial charge in [0, 0.05) is 25.8 Å². The maximum absolute atomic E-state index is 6.03. The van der Waals surface area contributed by atoms with Gasteiger partial charge in [-0.25, -0.2) is 4.98 Å². The van der Waals surface area contributed by atoms with Gasteiger partial charge in [0.25, 0.3) is 0 Å². The first-order valence-electron chi connectivity index (χ1n) is 6.21. The van der Waals surface area contributed by atoms with Crippen molar-refractivity contribution in [1.82, 2.24) is 4.98 Å². The van der Waals surface area contributed by atoms with Crippen LogP contribution in [0.25, 0.3) is 0 Å². The van der Waals surface area contributed by atoms with Crippen molar-refractivity contribution in [1.29, 1.82) is 0 Å². The van der Waals surface area contributed by atoms with Gasteiger partial charge in [-0.1, -0.05) is 25.4 Å². The van der Waals surface area contributed by atoms with Gasteiger partial charge < -0.3 is 10.6 Å². The van der Waals surface area contributed by atoms with E-state index in [2.05, 4.69) is 23.7 Å². The predicted octanol–water partition coefficient (Wildman–Crippen LogP) is 2.68. The second kappa shape index (κ2) is 5.23. The smallest absolute Gasteiger partial charge is 0.128 e. The van der Waals surface area contributed by atoms with Crippen LogP contribution < -0.4 is 10.6 Å². The summed E-state index contributed by atoms with van der Waals surface area (Å²) in [7, 11) is 0. The molecular formula is C13H20ClN3. The van der Waals surface area contributed by atoms with Gasteiger partial charge in [-0.05, 0) is 29.9 Å². The Balaban J connectivity index is 2.17. The first-order chi connectivity index (χ1) is 8.11. The van der Waals surface area contributed by atoms with Crippen molar-refractivity contribution in [2.24, 2.45) is 17.6 Å². The number of pyridine rings is 1. The Kier molecular flexibility index (Phi) is 3.89. The van der Waals surface area contributed by atoms with Crippen LogP contribution in [0, 0.1) is 11.8 Å². The third-order valence-electron chi connectivity index (χ3n) is 3.80. The van der Waals surface area contributed by atoms with Gasteiger partial charge in [-0.2, -0.15) is 0 Å². The summed E-state index contributed by atoms with van der Waals surface area (Å²) in [6.45, 7) is 7.23. The first kappa shape index (κ1) is 12.7. The summed E-state index contributed by atoms with van der Waals surface area (Å²) in [5, 5.41) is 0.662. The van der Waals surface area contributed by atoms with Crippen molar-refractivity contribution in [3.8, 4) is 0 Å². The molecule has 4 heteroatoms. The highest BCUT2D eigenvalue weighted by atomic mass is 35.5. The van der Waals surface area contributed by atoms with Crippen LogP contribution >= 0.6 is 11.6 Å². The van der Waals surface area contributed by atoms with Gasteiger partial charge in [-0.15, -0.1) is 0 Å². The average Bonchev–Trinajstić information content (AvgIpc) is 2.33. The molecule has 1 saturated heterocycles. The summed E-state index contributed by atoms with van der Waals surface area (Å²) in [5.74, 6) is 2.52. The Morgan fingerprint density at radius 2 is 2.24 bits per heavy atom. The molecule has 0 aromatic carbocycles. The second-order valence-electron chi connectivity index (χ2n) is 5.03. The lowest BCUT2D eigenvalue weighted by molar-refractivity contribution is 0.323. The molecule has 0 radical (unpaired) electrons. The fourth-order valence-corrected chi connectivity index (χ4v) is 2.45. The van der Waals surface area contributed by atoms with Gasteiger partial charge in [0.05, 0.1) is 5.02 Å². The van der Waals surface area contributed by atoms with Crippen molar-refractivity contribution >= 4 is 17.4 Å². The molecule has 0 amide bonds. The third kappa shape index (κ3) is 2.72. The highest BCUT2D eigenvalue weighted by Crippen LogP contribution is 2.27. The summed E-state index contributed by atoms with van der Waals surface area (Å²) >= 11 is 6.03. The molecule has 1 aliphatic heterocycles. The predicted molar refractivity (Wildman–Crippen MR) is 72.3 cm³/mol. The maximum atomic E-state index is 6.03. The van der Waals surface area contributed by atoms with Crippen molar-refractivity contribution in [3.05, 3.63) is 22.8 Å². The van der Waals surface area contributed by atoms with Crippen LogP contribution in [0.2, 0.25) is 5.02 Å². The van der Waals surface area contributed by atoms with Crippen LogP contribution in [0.15, 0.2) is 12.3 Å². The summed E-state index contributed by atoms with van der Waals surface area (Å²) in [6, 6.07) is 2.02. The summed E-state index contributed by atoms with van der Waals surface area (Å²) in [6.07, 6.45) is 2.94. The Hall–Kier alpha value is -0.800. The van der Waals surface area contributed by atoms with E-state index >= 15 is 0 Å². The molecule has 0 aliphatic carbocycles. The average molecular weight is 254 g/mol. The van der Waals surface area contributed by atoms with Crippen molar-refractivity contribution in [2.45, 2.75) is 26.8 Å². The zero-order chi connectivity index (χ0) is 12.4. The van der Waals surface area contributed by atoms with E-state index in [9.17, 15) is 0 Å². The zero-order valence-corrected chi connectivity index (χ0v) is 11.2. The van der Waals surface area contributed by atoms with Gasteiger partial charge in [0.2, 0.25) is 0 Å². The number of aromatic nitrogens is 1. The van der Waals surface area contributed by atoms with Gasteiger partial charge in [0.15, 0.2) is 0 Å². The molecule has 2 N–H and O–H groups in total. The van der Waals surface area contributed by atoms with Crippen LogP contribution in [0.5, 0.6) is 0 Å². The first-order valence-corrected chi connectivity index (χ1v) is 6.59. The summed E-state index contributed by atoms with van der Waals surface area (Å²) < 4.78 is 0. The lowest BCUT2D eigenvalue weighted by atomic mass is 9.89. The molecule has 17 heavy (non-hydrogen) atoms. The van der Waals surface area contributed by atoms with Crippen LogP contribution in [0.3, 0.4) is 0 Å². The Morgan fingerprint density at radius 3 is 2.88 bits per heavy atom. The second-order valence-corrected chi connectivity index (χ2v) is 5.43. The minimum absolute atomic E-state index is 0.466. The number of nitrogens with two attached hydrogens (primary N) is 1. The molecule has 0 bridgehead atoms. The molecule has 1 aliphatic rings. The quantitative estimate of drug-likeness (QED) is 0.881. The molecule has 1 aromatic heterocycles. The molecule has 0 spiro atoms. The molecular weight excluding hydrogens is 234 g/mol. The minimum Gasteiger partial charge on any atom is -0.356 e. The summed E-state index contributed by atoms with van der Waals surface area (Å²) in [5.41, 5.74) is 6.64. The van der Waals surface area contributed by atoms with E-state index in [1.165, 1.54) is 6.42 Å². The summed E-state index contributed by atoms with van der Waals surface area (Å²) in [4.78, 5) is 6.74. The standard InChI is InChI=1S/C13H20ClN3/c1-9-3-4-17(8-10(9)2)13-5-11(6-15)12(14)7-16-13/h5,7,9-10H,3-4,6,8,15H2,1-2H3. The Bertz CT molecular complexity index is 394. The van der Waals surface area contributed by atoms with Crippen LogP contribution in [-0.4, -0.2) is 18.1 Å². The molecule has 2 rings (SSSR count). The van der Waals surface area contributed by atoms with E-state index in [0.29, 0.717) is 17.5 Å². The molecule has 1 aromatic rings. The molecule has 1 fully saturated rings. The number of halogens is 1. The van der Waals surface area contributed by atoms with E-state index < -0.39 is 0 Å². The highest BCUT2D eigenvalue weighted by Gasteiger charge is 2.23. The SMILES string of the molecule is CC1CCN(c2cc(CN)c(Cl)cn2)CC1C. The van der Waals surface area contributed by atoms with Gasteiger partial charge in [-0.3, -0.25) is 0 Å². The fourth-order valence-electron chi connectivity index (χ4n) is 2.27. The molecule has 3 nitrogen and oxygen atoms in total. The van der Waals surface area contributed by atoms with E-state index in [1.807, 2.05) is 6.07 Å². The van der Waals surface area contributed by atoms with Gasteiger partial charge >= 0.3 is 0 Å². The lowest BCUT2D eigenvalue weighted by Crippen LogP contribution is -2.38. The maximum Gasteiger partial charge on any atom is 0.128 e. The monoisotopic (exact) mass is 253 g/mol. The molecule has 94 valence electrons. The highest BCUT2D eigenvalue weighted by molar-refractivity contribution is 6.31. The fraction of sp³-hybridized carbons (Fsp3) is 0.615. The van der Waals surface area contributed by atoms with E-state index in [-0.39, 0.29) is 0 Å². The molecule has 0 saturated carbocycles. The van der Waals surface area contributed by atoms with E-state index in [0.717, 1.165) is 30.4 Å². The zero-order valence-electron chi connectivity index (χ0n) is 10.5. The number of nitrogens with zero attached hydrogens (tertiary/aromatic N) is 2. The Labute approximate surface area is 108 Å². The Morgan fingerprint density at radius 1 is 1.47 bits per heavy atom. The van der Waals surface area contributed by atoms with Crippen molar-refractivity contribution in [3.63, 3.8) is 0 Å².